The second-order valence-electron chi connectivity index (χ2n) is 7.90. The van der Waals surface area contributed by atoms with Crippen LogP contribution in [0.1, 0.15) is 85.5 Å². The highest BCUT2D eigenvalue weighted by Gasteiger charge is 2.39. The molecule has 2 aliphatic carbocycles. The summed E-state index contributed by atoms with van der Waals surface area (Å²) in [6.07, 6.45) is 13.4. The molecule has 0 bridgehead atoms. The molecule has 2 fully saturated rings. The molecule has 2 aliphatic rings. The summed E-state index contributed by atoms with van der Waals surface area (Å²) in [5, 5.41) is 0. The molecule has 0 N–H and O–H groups in total. The van der Waals surface area contributed by atoms with Crippen molar-refractivity contribution in [2.45, 2.75) is 85.5 Å². The highest BCUT2D eigenvalue weighted by molar-refractivity contribution is 4.90. The summed E-state index contributed by atoms with van der Waals surface area (Å²) in [5.41, 5.74) is 0.610. The minimum absolute atomic E-state index is 0.610. The number of hydrogen-bond acceptors (Lipinski definition) is 0. The molecule has 0 spiro atoms. The minimum Gasteiger partial charge on any atom is -0.0651 e. The van der Waals surface area contributed by atoms with Crippen molar-refractivity contribution in [3.63, 3.8) is 0 Å². The molecule has 0 atom stereocenters. The molecule has 2 rings (SSSR count). The van der Waals surface area contributed by atoms with Crippen molar-refractivity contribution in [2.24, 2.45) is 29.1 Å². The largest absolute Gasteiger partial charge is 0.0651 e. The SMILES string of the molecule is CCC1CCC(C(C)(C)C2CCC(C)CC2)CC1. The van der Waals surface area contributed by atoms with Gasteiger partial charge in [-0.15, -0.1) is 0 Å². The first-order valence-electron chi connectivity index (χ1n) is 8.54. The van der Waals surface area contributed by atoms with Crippen LogP contribution >= 0.6 is 0 Å². The van der Waals surface area contributed by atoms with Gasteiger partial charge in [0.2, 0.25) is 0 Å². The zero-order chi connectivity index (χ0) is 13.2. The lowest BCUT2D eigenvalue weighted by atomic mass is 9.59. The Hall–Kier alpha value is 0. The fourth-order valence-corrected chi connectivity index (χ4v) is 4.65. The Bertz CT molecular complexity index is 237. The van der Waals surface area contributed by atoms with Gasteiger partial charge in [-0.2, -0.15) is 0 Å². The van der Waals surface area contributed by atoms with Crippen molar-refractivity contribution < 1.29 is 0 Å². The molecule has 0 aliphatic heterocycles. The van der Waals surface area contributed by atoms with Gasteiger partial charge in [0.15, 0.2) is 0 Å². The molecule has 0 saturated heterocycles. The lowest BCUT2D eigenvalue weighted by Gasteiger charge is -2.46. The molecule has 0 unspecified atom stereocenters. The van der Waals surface area contributed by atoms with E-state index in [1.165, 1.54) is 57.8 Å². The van der Waals surface area contributed by atoms with Crippen LogP contribution in [0.3, 0.4) is 0 Å². The Morgan fingerprint density at radius 1 is 0.778 bits per heavy atom. The topological polar surface area (TPSA) is 0 Å². The smallest absolute Gasteiger partial charge is 0.0298 e. The van der Waals surface area contributed by atoms with E-state index in [9.17, 15) is 0 Å². The van der Waals surface area contributed by atoms with Gasteiger partial charge in [-0.1, -0.05) is 59.8 Å². The van der Waals surface area contributed by atoms with Crippen LogP contribution in [-0.2, 0) is 0 Å². The molecule has 0 aromatic rings. The quantitative estimate of drug-likeness (QED) is 0.571. The fourth-order valence-electron chi connectivity index (χ4n) is 4.65. The lowest BCUT2D eigenvalue weighted by molar-refractivity contribution is 0.0401. The first-order valence-corrected chi connectivity index (χ1v) is 8.54. The van der Waals surface area contributed by atoms with Crippen molar-refractivity contribution in [2.75, 3.05) is 0 Å². The lowest BCUT2D eigenvalue weighted by Crippen LogP contribution is -2.36. The van der Waals surface area contributed by atoms with Gasteiger partial charge in [0, 0.05) is 0 Å². The molecule has 2 saturated carbocycles. The van der Waals surface area contributed by atoms with E-state index in [2.05, 4.69) is 27.7 Å². The molecule has 0 aromatic heterocycles. The van der Waals surface area contributed by atoms with E-state index in [0.29, 0.717) is 5.41 Å². The van der Waals surface area contributed by atoms with E-state index in [1.54, 1.807) is 0 Å². The standard InChI is InChI=1S/C18H34/c1-5-15-8-12-17(13-9-15)18(3,4)16-10-6-14(2)7-11-16/h14-17H,5-13H2,1-4H3. The van der Waals surface area contributed by atoms with E-state index in [1.807, 2.05) is 0 Å². The molecular formula is C18H34. The normalized spacial score (nSPS) is 38.7. The summed E-state index contributed by atoms with van der Waals surface area (Å²) >= 11 is 0. The van der Waals surface area contributed by atoms with Crippen molar-refractivity contribution in [1.82, 2.24) is 0 Å². The summed E-state index contributed by atoms with van der Waals surface area (Å²) < 4.78 is 0. The second kappa shape index (κ2) is 5.97. The zero-order valence-electron chi connectivity index (χ0n) is 13.2. The van der Waals surface area contributed by atoms with Gasteiger partial charge in [0.05, 0.1) is 0 Å². The highest BCUT2D eigenvalue weighted by atomic mass is 14.4. The first-order chi connectivity index (χ1) is 8.54. The highest BCUT2D eigenvalue weighted by Crippen LogP contribution is 2.49. The van der Waals surface area contributed by atoms with Gasteiger partial charge in [-0.25, -0.2) is 0 Å². The van der Waals surface area contributed by atoms with Gasteiger partial charge in [0.1, 0.15) is 0 Å². The van der Waals surface area contributed by atoms with Crippen molar-refractivity contribution >= 4 is 0 Å². The Morgan fingerprint density at radius 2 is 1.22 bits per heavy atom. The number of hydrogen-bond donors (Lipinski definition) is 0. The maximum absolute atomic E-state index is 2.59. The summed E-state index contributed by atoms with van der Waals surface area (Å²) in [6, 6.07) is 0. The maximum Gasteiger partial charge on any atom is -0.0298 e. The third-order valence-electron chi connectivity index (χ3n) is 6.54. The molecule has 0 heterocycles. The second-order valence-corrected chi connectivity index (χ2v) is 7.90. The average Bonchev–Trinajstić information content (AvgIpc) is 2.39. The summed E-state index contributed by atoms with van der Waals surface area (Å²) in [6.45, 7) is 9.99. The van der Waals surface area contributed by atoms with E-state index in [-0.39, 0.29) is 0 Å². The molecular weight excluding hydrogens is 216 g/mol. The Kier molecular flexibility index (Phi) is 4.78. The van der Waals surface area contributed by atoms with E-state index < -0.39 is 0 Å². The van der Waals surface area contributed by atoms with Crippen LogP contribution in [0.15, 0.2) is 0 Å². The number of rotatable bonds is 3. The predicted octanol–water partition coefficient (Wildman–Crippen LogP) is 6.06. The minimum atomic E-state index is 0.610. The maximum atomic E-state index is 2.59. The molecule has 0 heteroatoms. The van der Waals surface area contributed by atoms with E-state index in [4.69, 9.17) is 0 Å². The van der Waals surface area contributed by atoms with Crippen LogP contribution in [-0.4, -0.2) is 0 Å². The van der Waals surface area contributed by atoms with E-state index in [0.717, 1.165) is 23.7 Å². The van der Waals surface area contributed by atoms with Gasteiger partial charge >= 0.3 is 0 Å². The average molecular weight is 250 g/mol. The molecule has 0 aromatic carbocycles. The molecule has 0 amide bonds. The first kappa shape index (κ1) is 14.4. The van der Waals surface area contributed by atoms with Crippen LogP contribution in [0.25, 0.3) is 0 Å². The van der Waals surface area contributed by atoms with Crippen LogP contribution in [0.5, 0.6) is 0 Å². The molecule has 0 nitrogen and oxygen atoms in total. The van der Waals surface area contributed by atoms with Crippen LogP contribution < -0.4 is 0 Å². The predicted molar refractivity (Wildman–Crippen MR) is 80.6 cm³/mol. The van der Waals surface area contributed by atoms with Crippen LogP contribution in [0, 0.1) is 29.1 Å². The Balaban J connectivity index is 1.90. The van der Waals surface area contributed by atoms with Crippen LogP contribution in [0.4, 0.5) is 0 Å². The summed E-state index contributed by atoms with van der Waals surface area (Å²) in [5.74, 6) is 4.06. The van der Waals surface area contributed by atoms with Crippen molar-refractivity contribution in [3.8, 4) is 0 Å². The van der Waals surface area contributed by atoms with Crippen molar-refractivity contribution in [1.29, 1.82) is 0 Å². The fraction of sp³-hybridized carbons (Fsp3) is 1.00. The molecule has 106 valence electrons. The zero-order valence-corrected chi connectivity index (χ0v) is 13.2. The third-order valence-corrected chi connectivity index (χ3v) is 6.54. The van der Waals surface area contributed by atoms with Gasteiger partial charge in [0.25, 0.3) is 0 Å². The van der Waals surface area contributed by atoms with Gasteiger partial charge in [-0.05, 0) is 54.8 Å². The summed E-state index contributed by atoms with van der Waals surface area (Å²) in [4.78, 5) is 0. The Morgan fingerprint density at radius 3 is 1.67 bits per heavy atom. The summed E-state index contributed by atoms with van der Waals surface area (Å²) in [7, 11) is 0. The van der Waals surface area contributed by atoms with Gasteiger partial charge < -0.3 is 0 Å². The molecule has 18 heavy (non-hydrogen) atoms. The Labute approximate surface area is 115 Å². The van der Waals surface area contributed by atoms with E-state index >= 15 is 0 Å². The monoisotopic (exact) mass is 250 g/mol. The van der Waals surface area contributed by atoms with Gasteiger partial charge in [-0.3, -0.25) is 0 Å². The molecule has 0 radical (unpaired) electrons. The van der Waals surface area contributed by atoms with Crippen molar-refractivity contribution in [3.05, 3.63) is 0 Å². The third kappa shape index (κ3) is 3.11. The van der Waals surface area contributed by atoms with Crippen LogP contribution in [0.2, 0.25) is 0 Å².